The molecule has 4 aromatic carbocycles. The van der Waals surface area contributed by atoms with Gasteiger partial charge in [-0.2, -0.15) is 0 Å². The minimum Gasteiger partial charge on any atom is -0.0620 e. The Labute approximate surface area is 176 Å². The Morgan fingerprint density at radius 1 is 0.414 bits per heavy atom. The highest BCUT2D eigenvalue weighted by atomic mass is 31.2. The highest BCUT2D eigenvalue weighted by Crippen LogP contribution is 2.68. The molecule has 4 rings (SSSR count). The van der Waals surface area contributed by atoms with Crippen molar-refractivity contribution in [2.24, 2.45) is 0 Å². The minimum absolute atomic E-state index is 1.20. The van der Waals surface area contributed by atoms with E-state index in [1.54, 1.807) is 0 Å². The molecule has 0 atom stereocenters. The summed E-state index contributed by atoms with van der Waals surface area (Å²) in [5.41, 5.74) is 0. The van der Waals surface area contributed by atoms with Crippen molar-refractivity contribution in [1.29, 1.82) is 0 Å². The first-order chi connectivity index (χ1) is 14.1. The normalized spacial score (nSPS) is 11.9. The van der Waals surface area contributed by atoms with E-state index in [9.17, 15) is 0 Å². The third-order valence-corrected chi connectivity index (χ3v) is 15.4. The lowest BCUT2D eigenvalue weighted by atomic mass is 10.4. The molecule has 0 saturated heterocycles. The first-order valence-corrected chi connectivity index (χ1v) is 14.9. The van der Waals surface area contributed by atoms with Crippen molar-refractivity contribution in [2.45, 2.75) is 0 Å². The monoisotopic (exact) mass is 414 g/mol. The number of hydrogen-bond donors (Lipinski definition) is 0. The van der Waals surface area contributed by atoms with Gasteiger partial charge in [0, 0.05) is 0 Å². The van der Waals surface area contributed by atoms with Gasteiger partial charge in [-0.25, -0.2) is 0 Å². The van der Waals surface area contributed by atoms with Crippen molar-refractivity contribution in [3.05, 3.63) is 121 Å². The molecule has 0 saturated carbocycles. The van der Waals surface area contributed by atoms with E-state index >= 15 is 0 Å². The molecule has 0 amide bonds. The van der Waals surface area contributed by atoms with Crippen molar-refractivity contribution >= 4 is 35.7 Å². The van der Waals surface area contributed by atoms with Crippen molar-refractivity contribution in [3.63, 3.8) is 0 Å². The second kappa shape index (κ2) is 8.62. The predicted molar refractivity (Wildman–Crippen MR) is 135 cm³/mol. The Kier molecular flexibility index (Phi) is 5.96. The quantitative estimate of drug-likeness (QED) is 0.364. The van der Waals surface area contributed by atoms with Crippen LogP contribution >= 0.6 is 14.5 Å². The zero-order valence-electron chi connectivity index (χ0n) is 17.1. The zero-order chi connectivity index (χ0) is 20.2. The van der Waals surface area contributed by atoms with E-state index in [0.717, 1.165) is 0 Å². The second-order valence-corrected chi connectivity index (χ2v) is 16.2. The van der Waals surface area contributed by atoms with Gasteiger partial charge < -0.3 is 0 Å². The molecular weight excluding hydrogens is 386 g/mol. The molecule has 4 aromatic rings. The molecule has 0 nitrogen and oxygen atoms in total. The van der Waals surface area contributed by atoms with Gasteiger partial charge in [-0.05, 0) is 48.5 Å². The highest BCUT2D eigenvalue weighted by Gasteiger charge is 2.53. The van der Waals surface area contributed by atoms with Gasteiger partial charge in [-0.3, -0.25) is 0 Å². The smallest absolute Gasteiger partial charge is 0.0620 e. The third-order valence-electron chi connectivity index (χ3n) is 5.61. The molecule has 0 radical (unpaired) electrons. The van der Waals surface area contributed by atoms with Gasteiger partial charge in [0.2, 0.25) is 0 Å². The van der Waals surface area contributed by atoms with E-state index < -0.39 is 14.5 Å². The van der Waals surface area contributed by atoms with Crippen LogP contribution in [0.25, 0.3) is 0 Å². The van der Waals surface area contributed by atoms with Crippen LogP contribution in [-0.4, -0.2) is 19.2 Å². The summed E-state index contributed by atoms with van der Waals surface area (Å²) in [6, 6.07) is 44.8. The first kappa shape index (κ1) is 20.0. The Morgan fingerprint density at radius 2 is 0.690 bits per heavy atom. The zero-order valence-corrected chi connectivity index (χ0v) is 18.9. The van der Waals surface area contributed by atoms with Crippen LogP contribution < -0.4 is 21.2 Å². The summed E-state index contributed by atoms with van der Waals surface area (Å²) >= 11 is 0. The van der Waals surface area contributed by atoms with E-state index in [0.29, 0.717) is 0 Å². The van der Waals surface area contributed by atoms with E-state index in [1.165, 1.54) is 27.1 Å². The summed E-state index contributed by atoms with van der Waals surface area (Å²) in [6.07, 6.45) is 0. The van der Waals surface area contributed by atoms with Gasteiger partial charge >= 0.3 is 0 Å². The predicted octanol–water partition coefficient (Wildman–Crippen LogP) is 5.54. The Hall–Kier alpha value is -2.26. The van der Waals surface area contributed by atoms with Crippen molar-refractivity contribution < 1.29 is 0 Å². The van der Waals surface area contributed by atoms with E-state index in [2.05, 4.69) is 135 Å². The second-order valence-electron chi connectivity index (χ2n) is 7.98. The van der Waals surface area contributed by atoms with Gasteiger partial charge in [0.1, 0.15) is 23.2 Å². The molecule has 0 unspecified atom stereocenters. The molecule has 0 heterocycles. The van der Waals surface area contributed by atoms with Crippen molar-refractivity contribution in [1.82, 2.24) is 0 Å². The summed E-state index contributed by atoms with van der Waals surface area (Å²) in [5, 5.41) is 5.93. The van der Waals surface area contributed by atoms with Crippen LogP contribution in [0, 0.1) is 0 Å². The molecule has 29 heavy (non-hydrogen) atoms. The molecule has 0 aliphatic carbocycles. The molecule has 0 aliphatic rings. The number of hydrogen-bond acceptors (Lipinski definition) is 0. The Morgan fingerprint density at radius 3 is 1.00 bits per heavy atom. The third kappa shape index (κ3) is 4.06. The van der Waals surface area contributed by atoms with Crippen LogP contribution in [0.5, 0.6) is 0 Å². The average Bonchev–Trinajstić information content (AvgIpc) is 2.80. The van der Waals surface area contributed by atoms with Crippen LogP contribution in [0.1, 0.15) is 0 Å². The fourth-order valence-corrected chi connectivity index (χ4v) is 15.0. The van der Waals surface area contributed by atoms with Gasteiger partial charge in [0.25, 0.3) is 0 Å². The van der Waals surface area contributed by atoms with Gasteiger partial charge in [-0.1, -0.05) is 72.8 Å². The molecule has 0 aliphatic heterocycles. The molecule has 144 valence electrons. The average molecular weight is 414 g/mol. The summed E-state index contributed by atoms with van der Waals surface area (Å²) in [4.78, 5) is 0. The fourth-order valence-electron chi connectivity index (χ4n) is 4.18. The molecule has 0 spiro atoms. The topological polar surface area (TPSA) is 0 Å². The minimum atomic E-state index is -1.79. The lowest BCUT2D eigenvalue weighted by Crippen LogP contribution is -2.35. The van der Waals surface area contributed by atoms with Crippen molar-refractivity contribution in [2.75, 3.05) is 19.2 Å². The van der Waals surface area contributed by atoms with Crippen LogP contribution in [0.15, 0.2) is 121 Å². The molecule has 2 heteroatoms. The summed E-state index contributed by atoms with van der Waals surface area (Å²) in [7, 11) is -3.15. The van der Waals surface area contributed by atoms with E-state index in [1.807, 2.05) is 0 Å². The highest BCUT2D eigenvalue weighted by molar-refractivity contribution is 8.05. The molecule has 0 N–H and O–H groups in total. The molecule has 0 fully saturated rings. The molecular formula is C27H28P2+2. The largest absolute Gasteiger partial charge is 0.178 e. The summed E-state index contributed by atoms with van der Waals surface area (Å²) in [6.45, 7) is 5.01. The summed E-state index contributed by atoms with van der Waals surface area (Å²) in [5.74, 6) is 1.20. The molecule has 0 aromatic heterocycles. The maximum Gasteiger partial charge on any atom is 0.178 e. The van der Waals surface area contributed by atoms with Gasteiger partial charge in [0.15, 0.2) is 5.90 Å². The lowest BCUT2D eigenvalue weighted by molar-refractivity contribution is 1.69. The van der Waals surface area contributed by atoms with Crippen LogP contribution in [0.4, 0.5) is 0 Å². The van der Waals surface area contributed by atoms with E-state index in [4.69, 9.17) is 0 Å². The maximum atomic E-state index is 2.51. The Balaban J connectivity index is 1.98. The van der Waals surface area contributed by atoms with Crippen LogP contribution in [0.3, 0.4) is 0 Å². The summed E-state index contributed by atoms with van der Waals surface area (Å²) < 4.78 is 0. The number of rotatable bonds is 6. The molecule has 0 bridgehead atoms. The fraction of sp³-hybridized carbons (Fsp3) is 0.111. The standard InChI is InChI=1S/C27H28P2/c1-28(2,24-15-7-3-8-16-24)23-29(25-17-9-4-10-18-25,26-19-11-5-12-20-26)27-21-13-6-14-22-27/h3-22H,23H2,1-2H3/q+2. The van der Waals surface area contributed by atoms with Gasteiger partial charge in [-0.15, -0.1) is 0 Å². The lowest BCUT2D eigenvalue weighted by Gasteiger charge is -2.30. The Bertz CT molecular complexity index is 930. The van der Waals surface area contributed by atoms with Gasteiger partial charge in [0.05, 0.1) is 25.9 Å². The van der Waals surface area contributed by atoms with Crippen LogP contribution in [-0.2, 0) is 0 Å². The van der Waals surface area contributed by atoms with Crippen molar-refractivity contribution in [3.8, 4) is 0 Å². The number of benzene rings is 4. The maximum absolute atomic E-state index is 2.51. The first-order valence-electron chi connectivity index (χ1n) is 10.1. The van der Waals surface area contributed by atoms with E-state index in [-0.39, 0.29) is 0 Å². The van der Waals surface area contributed by atoms with Crippen LogP contribution in [0.2, 0.25) is 0 Å². The SMILES string of the molecule is C[P+](C)(C[P+](c1ccccc1)(c1ccccc1)c1ccccc1)c1ccccc1.